The first-order chi connectivity index (χ1) is 32.5. The molecule has 0 saturated carbocycles. The van der Waals surface area contributed by atoms with Crippen LogP contribution in [0.1, 0.15) is 187 Å². The number of unbranched alkanes of at least 4 members (excludes halogenated alkanes) is 15. The normalized spacial score (nSPS) is 15.0. The fourth-order valence-electron chi connectivity index (χ4n) is 6.80. The summed E-state index contributed by atoms with van der Waals surface area (Å²) in [6, 6.07) is -0.855. The van der Waals surface area contributed by atoms with Gasteiger partial charge in [0.15, 0.2) is 0 Å². The fraction of sp³-hybridized carbons (Fsp3) is 0.638. The molecule has 0 heterocycles. The molecule has 3 N–H and O–H groups in total. The third kappa shape index (κ3) is 50.6. The van der Waals surface area contributed by atoms with E-state index in [1.165, 1.54) is 64.2 Å². The van der Waals surface area contributed by atoms with Crippen molar-refractivity contribution in [3.8, 4) is 0 Å². The molecule has 67 heavy (non-hydrogen) atoms. The number of hydrogen-bond donors (Lipinski definition) is 3. The maximum Gasteiger partial charge on any atom is 0.472 e. The van der Waals surface area contributed by atoms with Crippen LogP contribution in [0.25, 0.3) is 0 Å². The van der Waals surface area contributed by atoms with Crippen LogP contribution >= 0.6 is 7.82 Å². The number of aliphatic hydroxyl groups excluding tert-OH is 1. The Hall–Kier alpha value is -3.10. The van der Waals surface area contributed by atoms with E-state index in [-0.39, 0.29) is 19.1 Å². The summed E-state index contributed by atoms with van der Waals surface area (Å²) in [5.41, 5.74) is 0. The summed E-state index contributed by atoms with van der Waals surface area (Å²) in [4.78, 5) is 23.1. The highest BCUT2D eigenvalue weighted by molar-refractivity contribution is 7.47. The zero-order valence-corrected chi connectivity index (χ0v) is 44.2. The number of aliphatic hydroxyl groups is 1. The van der Waals surface area contributed by atoms with Gasteiger partial charge in [-0.05, 0) is 89.9 Å². The number of carbonyl (C=O) groups is 1. The molecule has 382 valence electrons. The number of quaternary nitrogens is 1. The zero-order valence-electron chi connectivity index (χ0n) is 43.3. The minimum atomic E-state index is -4.34. The van der Waals surface area contributed by atoms with Crippen molar-refractivity contribution in [3.63, 3.8) is 0 Å². The molecule has 0 aliphatic rings. The van der Waals surface area contributed by atoms with E-state index in [1.54, 1.807) is 6.08 Å². The molecule has 0 saturated heterocycles. The Morgan fingerprint density at radius 3 is 1.31 bits per heavy atom. The molecule has 1 amide bonds. The molecule has 0 aliphatic carbocycles. The zero-order chi connectivity index (χ0) is 49.2. The van der Waals surface area contributed by atoms with Gasteiger partial charge in [0.25, 0.3) is 0 Å². The first-order valence-electron chi connectivity index (χ1n) is 26.4. The van der Waals surface area contributed by atoms with Gasteiger partial charge in [0.1, 0.15) is 13.2 Å². The summed E-state index contributed by atoms with van der Waals surface area (Å²) in [6.45, 7) is 4.62. The van der Waals surface area contributed by atoms with Gasteiger partial charge in [-0.15, -0.1) is 0 Å². The van der Waals surface area contributed by atoms with Crippen LogP contribution in [-0.4, -0.2) is 73.4 Å². The summed E-state index contributed by atoms with van der Waals surface area (Å²) < 4.78 is 23.5. The number of likely N-dealkylation sites (N-methyl/N-ethyl adjacent to an activating group) is 1. The molecule has 0 aromatic heterocycles. The van der Waals surface area contributed by atoms with Crippen LogP contribution in [0, 0.1) is 0 Å². The van der Waals surface area contributed by atoms with Gasteiger partial charge in [0, 0.05) is 6.42 Å². The van der Waals surface area contributed by atoms with Gasteiger partial charge in [-0.3, -0.25) is 13.8 Å². The fourth-order valence-corrected chi connectivity index (χ4v) is 7.53. The Balaban J connectivity index is 4.05. The molecular formula is C58H100N2O6P+. The first kappa shape index (κ1) is 63.9. The maximum atomic E-state index is 12.9. The lowest BCUT2D eigenvalue weighted by Gasteiger charge is -2.25. The van der Waals surface area contributed by atoms with E-state index in [1.807, 2.05) is 27.2 Å². The SMILES string of the molecule is CC/C=C\C/C=C\C/C=C\C/C=C\C/C=C\C/C=C\C/C=C\C/C=C\C/C=C\CCCCCCCCCCCC(=O)NC(COP(=O)(O)OCC[N+](C)(C)C)C(O)/C=C/CCCCCCCC. The van der Waals surface area contributed by atoms with Crippen molar-refractivity contribution in [2.75, 3.05) is 40.9 Å². The second kappa shape index (κ2) is 47.9. The quantitative estimate of drug-likeness (QED) is 0.0243. The van der Waals surface area contributed by atoms with Gasteiger partial charge in [-0.1, -0.05) is 212 Å². The van der Waals surface area contributed by atoms with Crippen molar-refractivity contribution in [2.24, 2.45) is 0 Å². The van der Waals surface area contributed by atoms with Crippen LogP contribution in [0.4, 0.5) is 0 Å². The molecule has 0 spiro atoms. The molecular weight excluding hydrogens is 852 g/mol. The van der Waals surface area contributed by atoms with E-state index in [2.05, 4.69) is 129 Å². The molecule has 3 atom stereocenters. The average Bonchev–Trinajstić information content (AvgIpc) is 3.29. The second-order valence-electron chi connectivity index (χ2n) is 18.5. The Bertz CT molecular complexity index is 1500. The van der Waals surface area contributed by atoms with Crippen molar-refractivity contribution in [1.29, 1.82) is 0 Å². The predicted octanol–water partition coefficient (Wildman–Crippen LogP) is 15.8. The van der Waals surface area contributed by atoms with E-state index in [0.717, 1.165) is 103 Å². The summed E-state index contributed by atoms with van der Waals surface area (Å²) in [5.74, 6) is -0.193. The Labute approximate surface area is 412 Å². The van der Waals surface area contributed by atoms with Crippen molar-refractivity contribution < 1.29 is 32.9 Å². The van der Waals surface area contributed by atoms with E-state index < -0.39 is 20.0 Å². The predicted molar refractivity (Wildman–Crippen MR) is 290 cm³/mol. The van der Waals surface area contributed by atoms with Crippen LogP contribution in [0.5, 0.6) is 0 Å². The van der Waals surface area contributed by atoms with Gasteiger partial charge < -0.3 is 19.8 Å². The molecule has 3 unspecified atom stereocenters. The lowest BCUT2D eigenvalue weighted by Crippen LogP contribution is -2.45. The first-order valence-corrected chi connectivity index (χ1v) is 27.9. The van der Waals surface area contributed by atoms with Gasteiger partial charge >= 0.3 is 7.82 Å². The monoisotopic (exact) mass is 952 g/mol. The van der Waals surface area contributed by atoms with Crippen molar-refractivity contribution in [1.82, 2.24) is 5.32 Å². The van der Waals surface area contributed by atoms with Crippen LogP contribution in [0.2, 0.25) is 0 Å². The van der Waals surface area contributed by atoms with E-state index in [4.69, 9.17) is 9.05 Å². The van der Waals surface area contributed by atoms with Crippen molar-refractivity contribution in [3.05, 3.63) is 122 Å². The van der Waals surface area contributed by atoms with Gasteiger partial charge in [0.05, 0.1) is 39.9 Å². The molecule has 0 radical (unpaired) electrons. The molecule has 0 aliphatic heterocycles. The summed E-state index contributed by atoms with van der Waals surface area (Å²) in [6.07, 6.45) is 71.7. The molecule has 0 aromatic carbocycles. The second-order valence-corrected chi connectivity index (χ2v) is 20.0. The summed E-state index contributed by atoms with van der Waals surface area (Å²) >= 11 is 0. The minimum Gasteiger partial charge on any atom is -0.387 e. The van der Waals surface area contributed by atoms with Crippen LogP contribution in [-0.2, 0) is 18.4 Å². The number of amides is 1. The lowest BCUT2D eigenvalue weighted by molar-refractivity contribution is -0.870. The third-order valence-electron chi connectivity index (χ3n) is 10.9. The Morgan fingerprint density at radius 2 is 0.896 bits per heavy atom. The minimum absolute atomic E-state index is 0.0540. The Kier molecular flexibility index (Phi) is 45.7. The van der Waals surface area contributed by atoms with Crippen LogP contribution < -0.4 is 5.32 Å². The number of phosphoric ester groups is 1. The van der Waals surface area contributed by atoms with Gasteiger partial charge in [-0.2, -0.15) is 0 Å². The highest BCUT2D eigenvalue weighted by atomic mass is 31.2. The number of hydrogen-bond acceptors (Lipinski definition) is 5. The molecule has 0 bridgehead atoms. The Morgan fingerprint density at radius 1 is 0.522 bits per heavy atom. The third-order valence-corrected chi connectivity index (χ3v) is 11.9. The van der Waals surface area contributed by atoms with Crippen molar-refractivity contribution in [2.45, 2.75) is 199 Å². The molecule has 0 rings (SSSR count). The summed E-state index contributed by atoms with van der Waals surface area (Å²) in [5, 5.41) is 13.8. The van der Waals surface area contributed by atoms with E-state index >= 15 is 0 Å². The standard InChI is InChI=1S/C58H99N2O6P/c1-6-8-10-12-14-16-17-18-19-20-21-22-23-24-25-26-27-28-29-30-31-32-33-34-35-36-37-38-39-40-41-42-43-44-46-48-50-52-58(62)59-56(55-66-67(63,64)65-54-53-60(3,4)5)57(61)51-49-47-45-15-13-11-9-7-2/h8,10,14,16,18-19,21-22,24-25,27-28,30-31,33-34,36-37,49,51,56-57,61H,6-7,9,11-13,15,17,20,23,26,29,32,35,38-48,50,52-55H2,1-5H3,(H-,59,62,63,64)/p+1/b10-8-,16-14-,19-18-,22-21-,25-24-,28-27-,31-30-,34-33-,37-36-,51-49+. The van der Waals surface area contributed by atoms with Crippen LogP contribution in [0.15, 0.2) is 122 Å². The molecule has 0 aromatic rings. The largest absolute Gasteiger partial charge is 0.472 e. The van der Waals surface area contributed by atoms with Gasteiger partial charge in [0.2, 0.25) is 5.91 Å². The number of phosphoric acid groups is 1. The number of rotatable bonds is 46. The number of allylic oxidation sites excluding steroid dienone is 19. The van der Waals surface area contributed by atoms with Crippen LogP contribution in [0.3, 0.4) is 0 Å². The average molecular weight is 952 g/mol. The number of nitrogens with zero attached hydrogens (tertiary/aromatic N) is 1. The maximum absolute atomic E-state index is 12.9. The highest BCUT2D eigenvalue weighted by Crippen LogP contribution is 2.43. The summed E-state index contributed by atoms with van der Waals surface area (Å²) in [7, 11) is 1.55. The smallest absolute Gasteiger partial charge is 0.387 e. The number of carbonyl (C=O) groups excluding carboxylic acids is 1. The molecule has 0 fully saturated rings. The van der Waals surface area contributed by atoms with E-state index in [9.17, 15) is 19.4 Å². The molecule has 8 nitrogen and oxygen atoms in total. The molecule has 9 heteroatoms. The van der Waals surface area contributed by atoms with Crippen molar-refractivity contribution >= 4 is 13.7 Å². The lowest BCUT2D eigenvalue weighted by atomic mass is 10.0. The topological polar surface area (TPSA) is 105 Å². The number of nitrogens with one attached hydrogen (secondary N) is 1. The van der Waals surface area contributed by atoms with Gasteiger partial charge in [-0.25, -0.2) is 4.57 Å². The highest BCUT2D eigenvalue weighted by Gasteiger charge is 2.27. The van der Waals surface area contributed by atoms with E-state index in [0.29, 0.717) is 17.4 Å².